The fraction of sp³-hybridized carbons (Fsp3) is 0.111. The molecule has 0 spiro atoms. The Kier molecular flexibility index (Phi) is 5.40. The topological polar surface area (TPSA) is 75.0 Å². The van der Waals surface area contributed by atoms with Crippen LogP contribution in [-0.2, 0) is 4.79 Å². The smallest absolute Gasteiger partial charge is 0.336 e. The summed E-state index contributed by atoms with van der Waals surface area (Å²) in [6.45, 7) is 2.69. The van der Waals surface area contributed by atoms with Gasteiger partial charge in [0.25, 0.3) is 0 Å². The van der Waals surface area contributed by atoms with Crippen LogP contribution in [0.2, 0.25) is 0 Å². The van der Waals surface area contributed by atoms with Gasteiger partial charge in [0, 0.05) is 12.1 Å². The van der Waals surface area contributed by atoms with Crippen molar-refractivity contribution >= 4 is 23.0 Å². The molecule has 0 N–H and O–H groups in total. The summed E-state index contributed by atoms with van der Waals surface area (Å²) in [6, 6.07) is 19.6. The lowest BCUT2D eigenvalue weighted by molar-refractivity contribution is -0.128. The van der Waals surface area contributed by atoms with Crippen LogP contribution in [-0.4, -0.2) is 19.2 Å². The minimum atomic E-state index is -0.523. The van der Waals surface area contributed by atoms with Crippen LogP contribution in [0.15, 0.2) is 82.0 Å². The van der Waals surface area contributed by atoms with Crippen molar-refractivity contribution in [3.63, 3.8) is 0 Å². The van der Waals surface area contributed by atoms with E-state index in [2.05, 4.69) is 0 Å². The highest BCUT2D eigenvalue weighted by Crippen LogP contribution is 2.35. The number of hydrogen-bond acceptors (Lipinski definition) is 6. The number of benzene rings is 3. The van der Waals surface area contributed by atoms with E-state index in [1.807, 2.05) is 36.4 Å². The van der Waals surface area contributed by atoms with Crippen LogP contribution in [0.1, 0.15) is 11.3 Å². The van der Waals surface area contributed by atoms with Crippen molar-refractivity contribution in [2.75, 3.05) is 13.2 Å². The molecule has 5 rings (SSSR count). The first-order valence-electron chi connectivity index (χ1n) is 10.5. The molecule has 0 saturated carbocycles. The van der Waals surface area contributed by atoms with Gasteiger partial charge < -0.3 is 18.6 Å². The number of ether oxygens (including phenoxy) is 3. The number of carbonyl (C=O) groups excluding carboxylic acids is 1. The van der Waals surface area contributed by atoms with Gasteiger partial charge in [0.15, 0.2) is 11.5 Å². The van der Waals surface area contributed by atoms with Crippen molar-refractivity contribution in [3.05, 3.63) is 94.4 Å². The number of hydrogen-bond donors (Lipinski definition) is 0. The summed E-state index contributed by atoms with van der Waals surface area (Å²) in [6.07, 6.45) is 3.03. The number of carbonyl (C=O) groups is 1. The minimum Gasteiger partial charge on any atom is -0.486 e. The standard InChI is InChI=1S/C27H20O6/c1-17-26(19-8-11-22-24(15-19)31-14-13-30-22)27(29)21-10-9-20(16-23(21)32-17)33-25(28)12-7-18-5-3-2-4-6-18/h2-12,15-16H,13-14H2,1H3. The van der Waals surface area contributed by atoms with Gasteiger partial charge in [0.05, 0.1) is 10.9 Å². The Balaban J connectivity index is 1.44. The first-order valence-corrected chi connectivity index (χ1v) is 10.5. The van der Waals surface area contributed by atoms with E-state index in [-0.39, 0.29) is 5.43 Å². The highest BCUT2D eigenvalue weighted by molar-refractivity contribution is 5.90. The predicted octanol–water partition coefficient (Wildman–Crippen LogP) is 5.16. The maximum Gasteiger partial charge on any atom is 0.336 e. The molecule has 0 amide bonds. The van der Waals surface area contributed by atoms with E-state index in [0.717, 1.165) is 5.56 Å². The Morgan fingerprint density at radius 3 is 2.55 bits per heavy atom. The molecule has 0 unspecified atom stereocenters. The third kappa shape index (κ3) is 4.23. The first kappa shape index (κ1) is 20.6. The maximum absolute atomic E-state index is 13.3. The van der Waals surface area contributed by atoms with Crippen molar-refractivity contribution in [2.24, 2.45) is 0 Å². The summed E-state index contributed by atoms with van der Waals surface area (Å²) in [4.78, 5) is 25.4. The van der Waals surface area contributed by atoms with Gasteiger partial charge in [-0.25, -0.2) is 4.79 Å². The number of esters is 1. The van der Waals surface area contributed by atoms with Crippen molar-refractivity contribution in [3.8, 4) is 28.4 Å². The fourth-order valence-electron chi connectivity index (χ4n) is 3.76. The summed E-state index contributed by atoms with van der Waals surface area (Å²) >= 11 is 0. The van der Waals surface area contributed by atoms with Crippen molar-refractivity contribution < 1.29 is 23.4 Å². The fourth-order valence-corrected chi connectivity index (χ4v) is 3.76. The molecule has 0 saturated heterocycles. The molecular weight excluding hydrogens is 420 g/mol. The van der Waals surface area contributed by atoms with Crippen LogP contribution in [0.25, 0.3) is 28.2 Å². The quantitative estimate of drug-likeness (QED) is 0.248. The lowest BCUT2D eigenvalue weighted by Crippen LogP contribution is -2.15. The van der Waals surface area contributed by atoms with E-state index < -0.39 is 5.97 Å². The van der Waals surface area contributed by atoms with Gasteiger partial charge in [0.2, 0.25) is 5.43 Å². The van der Waals surface area contributed by atoms with Gasteiger partial charge in [-0.15, -0.1) is 0 Å². The van der Waals surface area contributed by atoms with Crippen LogP contribution in [0.3, 0.4) is 0 Å². The van der Waals surface area contributed by atoms with E-state index in [9.17, 15) is 9.59 Å². The average molecular weight is 440 g/mol. The number of aryl methyl sites for hydroxylation is 1. The molecule has 0 aliphatic carbocycles. The zero-order chi connectivity index (χ0) is 22.8. The van der Waals surface area contributed by atoms with E-state index in [4.69, 9.17) is 18.6 Å². The van der Waals surface area contributed by atoms with Crippen LogP contribution < -0.4 is 19.6 Å². The van der Waals surface area contributed by atoms with Crippen molar-refractivity contribution in [1.82, 2.24) is 0 Å². The van der Waals surface area contributed by atoms with Gasteiger partial charge in [-0.05, 0) is 48.4 Å². The largest absolute Gasteiger partial charge is 0.486 e. The summed E-state index contributed by atoms with van der Waals surface area (Å²) in [5.74, 6) is 1.48. The maximum atomic E-state index is 13.3. The molecule has 0 radical (unpaired) electrons. The monoisotopic (exact) mass is 440 g/mol. The molecule has 2 heterocycles. The summed E-state index contributed by atoms with van der Waals surface area (Å²) < 4.78 is 22.5. The lowest BCUT2D eigenvalue weighted by Gasteiger charge is -2.19. The second-order valence-corrected chi connectivity index (χ2v) is 7.54. The number of rotatable bonds is 4. The zero-order valence-electron chi connectivity index (χ0n) is 17.9. The second-order valence-electron chi connectivity index (χ2n) is 7.54. The molecule has 0 atom stereocenters. The Morgan fingerprint density at radius 2 is 1.73 bits per heavy atom. The highest BCUT2D eigenvalue weighted by atomic mass is 16.6. The molecule has 4 aromatic rings. The molecular formula is C27H20O6. The zero-order valence-corrected chi connectivity index (χ0v) is 17.9. The Labute approximate surface area is 189 Å². The minimum absolute atomic E-state index is 0.174. The van der Waals surface area contributed by atoms with Crippen LogP contribution in [0.4, 0.5) is 0 Å². The molecule has 1 aromatic heterocycles. The lowest BCUT2D eigenvalue weighted by atomic mass is 10.0. The van der Waals surface area contributed by atoms with E-state index in [1.165, 1.54) is 6.08 Å². The summed E-state index contributed by atoms with van der Waals surface area (Å²) in [5, 5.41) is 0.394. The van der Waals surface area contributed by atoms with Gasteiger partial charge in [0.1, 0.15) is 30.3 Å². The van der Waals surface area contributed by atoms with Crippen LogP contribution in [0.5, 0.6) is 17.2 Å². The Morgan fingerprint density at radius 1 is 0.939 bits per heavy atom. The molecule has 164 valence electrons. The Bertz CT molecular complexity index is 1430. The van der Waals surface area contributed by atoms with Crippen molar-refractivity contribution in [1.29, 1.82) is 0 Å². The van der Waals surface area contributed by atoms with E-state index in [0.29, 0.717) is 58.3 Å². The second kappa shape index (κ2) is 8.67. The molecule has 6 nitrogen and oxygen atoms in total. The molecule has 3 aromatic carbocycles. The molecule has 1 aliphatic heterocycles. The number of fused-ring (bicyclic) bond motifs is 2. The van der Waals surface area contributed by atoms with Crippen LogP contribution >= 0.6 is 0 Å². The first-order chi connectivity index (χ1) is 16.1. The molecule has 6 heteroatoms. The van der Waals surface area contributed by atoms with Gasteiger partial charge in [-0.1, -0.05) is 36.4 Å². The van der Waals surface area contributed by atoms with E-state index in [1.54, 1.807) is 43.3 Å². The molecule has 1 aliphatic rings. The third-order valence-electron chi connectivity index (χ3n) is 5.30. The Hall–Kier alpha value is -4.32. The van der Waals surface area contributed by atoms with Crippen molar-refractivity contribution in [2.45, 2.75) is 6.92 Å². The SMILES string of the molecule is Cc1oc2cc(OC(=O)C=Cc3ccccc3)ccc2c(=O)c1-c1ccc2c(c1)OCCO2. The highest BCUT2D eigenvalue weighted by Gasteiger charge is 2.18. The van der Waals surface area contributed by atoms with Gasteiger partial charge in [-0.2, -0.15) is 0 Å². The van der Waals surface area contributed by atoms with Crippen LogP contribution in [0, 0.1) is 6.92 Å². The van der Waals surface area contributed by atoms with Gasteiger partial charge >= 0.3 is 5.97 Å². The average Bonchev–Trinajstić information content (AvgIpc) is 2.83. The molecule has 33 heavy (non-hydrogen) atoms. The molecule has 0 bridgehead atoms. The summed E-state index contributed by atoms with van der Waals surface area (Å²) in [5.41, 5.74) is 2.20. The van der Waals surface area contributed by atoms with Gasteiger partial charge in [-0.3, -0.25) is 4.79 Å². The predicted molar refractivity (Wildman–Crippen MR) is 125 cm³/mol. The third-order valence-corrected chi connectivity index (χ3v) is 5.30. The molecule has 0 fully saturated rings. The summed E-state index contributed by atoms with van der Waals surface area (Å²) in [7, 11) is 0. The van der Waals surface area contributed by atoms with E-state index >= 15 is 0 Å². The normalized spacial score (nSPS) is 12.8.